The number of rotatable bonds is 6. The van der Waals surface area contributed by atoms with Gasteiger partial charge in [0.05, 0.1) is 18.6 Å². The van der Waals surface area contributed by atoms with Gasteiger partial charge in [-0.1, -0.05) is 24.3 Å². The van der Waals surface area contributed by atoms with Crippen LogP contribution in [0.25, 0.3) is 11.1 Å². The van der Waals surface area contributed by atoms with Crippen LogP contribution in [0.5, 0.6) is 11.5 Å². The van der Waals surface area contributed by atoms with Gasteiger partial charge in [0.1, 0.15) is 11.5 Å². The average Bonchev–Trinajstić information content (AvgIpc) is 3.49. The SMILES string of the molecule is COc1ccc(O)c(-c2ccc(C3(CCN4CCS(=O)(=O)CC4)CC3)cc2)c1. The van der Waals surface area contributed by atoms with Gasteiger partial charge in [0.25, 0.3) is 0 Å². The van der Waals surface area contributed by atoms with E-state index in [1.807, 2.05) is 6.07 Å². The third-order valence-corrected chi connectivity index (χ3v) is 7.82. The van der Waals surface area contributed by atoms with Gasteiger partial charge in [-0.3, -0.25) is 0 Å². The predicted molar refractivity (Wildman–Crippen MR) is 111 cm³/mol. The number of benzene rings is 2. The van der Waals surface area contributed by atoms with E-state index in [4.69, 9.17) is 4.74 Å². The van der Waals surface area contributed by atoms with Gasteiger partial charge in [-0.05, 0) is 60.5 Å². The van der Waals surface area contributed by atoms with E-state index in [0.717, 1.165) is 29.8 Å². The van der Waals surface area contributed by atoms with Gasteiger partial charge in [-0.25, -0.2) is 8.42 Å². The Balaban J connectivity index is 1.44. The summed E-state index contributed by atoms with van der Waals surface area (Å²) in [5.74, 6) is 1.55. The molecule has 0 radical (unpaired) electrons. The first-order chi connectivity index (χ1) is 13.4. The molecule has 150 valence electrons. The molecule has 2 aliphatic rings. The van der Waals surface area contributed by atoms with E-state index in [9.17, 15) is 13.5 Å². The highest BCUT2D eigenvalue weighted by atomic mass is 32.2. The van der Waals surface area contributed by atoms with Crippen molar-refractivity contribution in [3.63, 3.8) is 0 Å². The van der Waals surface area contributed by atoms with E-state index in [1.165, 1.54) is 18.4 Å². The fourth-order valence-corrected chi connectivity index (χ4v) is 5.33. The maximum Gasteiger partial charge on any atom is 0.152 e. The molecule has 1 aliphatic carbocycles. The first kappa shape index (κ1) is 19.3. The zero-order valence-corrected chi connectivity index (χ0v) is 17.0. The van der Waals surface area contributed by atoms with Crippen LogP contribution in [-0.2, 0) is 15.3 Å². The highest BCUT2D eigenvalue weighted by molar-refractivity contribution is 7.91. The molecule has 4 rings (SSSR count). The second-order valence-electron chi connectivity index (χ2n) is 7.98. The van der Waals surface area contributed by atoms with Gasteiger partial charge < -0.3 is 14.7 Å². The van der Waals surface area contributed by atoms with Crippen molar-refractivity contribution < 1.29 is 18.3 Å². The van der Waals surface area contributed by atoms with Crippen LogP contribution in [0.15, 0.2) is 42.5 Å². The van der Waals surface area contributed by atoms with E-state index in [2.05, 4.69) is 29.2 Å². The van der Waals surface area contributed by atoms with Crippen LogP contribution in [-0.4, -0.2) is 56.7 Å². The van der Waals surface area contributed by atoms with E-state index >= 15 is 0 Å². The smallest absolute Gasteiger partial charge is 0.152 e. The summed E-state index contributed by atoms with van der Waals surface area (Å²) in [5, 5.41) is 10.2. The molecule has 2 fully saturated rings. The molecule has 2 aromatic carbocycles. The molecule has 2 aromatic rings. The van der Waals surface area contributed by atoms with Gasteiger partial charge in [0.15, 0.2) is 9.84 Å². The van der Waals surface area contributed by atoms with Crippen LogP contribution >= 0.6 is 0 Å². The molecule has 1 heterocycles. The summed E-state index contributed by atoms with van der Waals surface area (Å²) < 4.78 is 28.5. The summed E-state index contributed by atoms with van der Waals surface area (Å²) in [7, 11) is -1.20. The average molecular weight is 402 g/mol. The fraction of sp³-hybridized carbons (Fsp3) is 0.455. The number of hydrogen-bond acceptors (Lipinski definition) is 5. The minimum absolute atomic E-state index is 0.227. The molecule has 1 saturated heterocycles. The van der Waals surface area contributed by atoms with Gasteiger partial charge >= 0.3 is 0 Å². The number of hydrogen-bond donors (Lipinski definition) is 1. The summed E-state index contributed by atoms with van der Waals surface area (Å²) in [4.78, 5) is 2.28. The number of ether oxygens (including phenoxy) is 1. The van der Waals surface area contributed by atoms with Crippen LogP contribution in [0.3, 0.4) is 0 Å². The molecule has 0 spiro atoms. The first-order valence-electron chi connectivity index (χ1n) is 9.82. The quantitative estimate of drug-likeness (QED) is 0.805. The van der Waals surface area contributed by atoms with E-state index in [0.29, 0.717) is 24.6 Å². The van der Waals surface area contributed by atoms with Crippen LogP contribution in [0, 0.1) is 0 Å². The molecule has 0 unspecified atom stereocenters. The summed E-state index contributed by atoms with van der Waals surface area (Å²) in [6.45, 7) is 2.27. The Labute approximate surface area is 166 Å². The molecule has 0 amide bonds. The third kappa shape index (κ3) is 4.03. The van der Waals surface area contributed by atoms with Crippen molar-refractivity contribution in [3.8, 4) is 22.6 Å². The van der Waals surface area contributed by atoms with Gasteiger partial charge in [-0.2, -0.15) is 0 Å². The van der Waals surface area contributed by atoms with Crippen LogP contribution in [0.1, 0.15) is 24.8 Å². The number of methoxy groups -OCH3 is 1. The topological polar surface area (TPSA) is 66.8 Å². The van der Waals surface area contributed by atoms with Gasteiger partial charge in [-0.15, -0.1) is 0 Å². The number of phenols is 1. The van der Waals surface area contributed by atoms with Crippen LogP contribution in [0.4, 0.5) is 0 Å². The highest BCUT2D eigenvalue weighted by Gasteiger charge is 2.44. The maximum absolute atomic E-state index is 11.6. The summed E-state index contributed by atoms with van der Waals surface area (Å²) in [6, 6.07) is 13.7. The molecule has 1 N–H and O–H groups in total. The molecular weight excluding hydrogens is 374 g/mol. The Morgan fingerprint density at radius 3 is 2.36 bits per heavy atom. The summed E-state index contributed by atoms with van der Waals surface area (Å²) in [5.41, 5.74) is 3.30. The van der Waals surface area contributed by atoms with Crippen LogP contribution in [0.2, 0.25) is 0 Å². The first-order valence-corrected chi connectivity index (χ1v) is 11.6. The number of phenolic OH excluding ortho intramolecular Hbond substituents is 1. The van der Waals surface area contributed by atoms with E-state index < -0.39 is 9.84 Å². The zero-order valence-electron chi connectivity index (χ0n) is 16.2. The molecular formula is C22H27NO4S. The normalized spacial score (nSPS) is 20.6. The third-order valence-electron chi connectivity index (χ3n) is 6.21. The Bertz CT molecular complexity index is 935. The Kier molecular flexibility index (Phi) is 5.10. The Morgan fingerprint density at radius 1 is 1.07 bits per heavy atom. The van der Waals surface area contributed by atoms with Gasteiger partial charge in [0, 0.05) is 18.7 Å². The number of sulfone groups is 1. The van der Waals surface area contributed by atoms with E-state index in [-0.39, 0.29) is 11.2 Å². The second-order valence-corrected chi connectivity index (χ2v) is 10.3. The lowest BCUT2D eigenvalue weighted by Crippen LogP contribution is -2.41. The van der Waals surface area contributed by atoms with Crippen molar-refractivity contribution in [1.29, 1.82) is 0 Å². The number of aromatic hydroxyl groups is 1. The zero-order chi connectivity index (χ0) is 19.8. The lowest BCUT2D eigenvalue weighted by atomic mass is 9.90. The van der Waals surface area contributed by atoms with Crippen molar-refractivity contribution in [2.75, 3.05) is 38.2 Å². The van der Waals surface area contributed by atoms with Crippen molar-refractivity contribution >= 4 is 9.84 Å². The lowest BCUT2D eigenvalue weighted by Gasteiger charge is -2.28. The molecule has 28 heavy (non-hydrogen) atoms. The standard InChI is InChI=1S/C22H27NO4S/c1-27-19-6-7-21(24)20(16-19)17-2-4-18(5-3-17)22(8-9-22)10-11-23-12-14-28(25,26)15-13-23/h2-7,16,24H,8-15H2,1H3. The minimum Gasteiger partial charge on any atom is -0.507 e. The largest absolute Gasteiger partial charge is 0.507 e. The number of nitrogens with zero attached hydrogens (tertiary/aromatic N) is 1. The van der Waals surface area contributed by atoms with Gasteiger partial charge in [0.2, 0.25) is 0 Å². The van der Waals surface area contributed by atoms with Crippen molar-refractivity contribution in [2.24, 2.45) is 0 Å². The van der Waals surface area contributed by atoms with Crippen LogP contribution < -0.4 is 4.74 Å². The molecule has 1 aliphatic heterocycles. The molecule has 6 heteroatoms. The minimum atomic E-state index is -2.82. The van der Waals surface area contributed by atoms with Crippen molar-refractivity contribution in [3.05, 3.63) is 48.0 Å². The van der Waals surface area contributed by atoms with E-state index in [1.54, 1.807) is 19.2 Å². The van der Waals surface area contributed by atoms with Crippen molar-refractivity contribution in [1.82, 2.24) is 4.90 Å². The molecule has 0 bridgehead atoms. The summed E-state index contributed by atoms with van der Waals surface area (Å²) in [6.07, 6.45) is 3.43. The maximum atomic E-state index is 11.6. The lowest BCUT2D eigenvalue weighted by molar-refractivity contribution is 0.279. The Morgan fingerprint density at radius 2 is 1.75 bits per heavy atom. The summed E-state index contributed by atoms with van der Waals surface area (Å²) >= 11 is 0. The molecule has 0 aromatic heterocycles. The fourth-order valence-electron chi connectivity index (χ4n) is 4.06. The second kappa shape index (κ2) is 7.41. The molecule has 1 saturated carbocycles. The van der Waals surface area contributed by atoms with Crippen molar-refractivity contribution in [2.45, 2.75) is 24.7 Å². The monoisotopic (exact) mass is 401 g/mol. The highest BCUT2D eigenvalue weighted by Crippen LogP contribution is 2.51. The Hall–Kier alpha value is -2.05. The molecule has 5 nitrogen and oxygen atoms in total. The predicted octanol–water partition coefficient (Wildman–Crippen LogP) is 3.22. The molecule has 0 atom stereocenters.